The van der Waals surface area contributed by atoms with Crippen molar-refractivity contribution in [3.63, 3.8) is 0 Å². The molecule has 3 aromatic carbocycles. The van der Waals surface area contributed by atoms with E-state index in [2.05, 4.69) is 61.8 Å². The van der Waals surface area contributed by atoms with Crippen molar-refractivity contribution in [1.29, 1.82) is 0 Å². The molecule has 0 bridgehead atoms. The molecule has 3 aromatic rings. The molecule has 0 aliphatic carbocycles. The number of amides is 1. The van der Waals surface area contributed by atoms with Crippen LogP contribution in [0.3, 0.4) is 0 Å². The number of rotatable bonds is 8. The van der Waals surface area contributed by atoms with Gasteiger partial charge in [0.15, 0.2) is 0 Å². The van der Waals surface area contributed by atoms with Gasteiger partial charge in [0.25, 0.3) is 5.69 Å². The van der Waals surface area contributed by atoms with Crippen LogP contribution < -0.4 is 10.2 Å². The molecular weight excluding hydrogens is 648 g/mol. The number of nitrogens with one attached hydrogen (secondary N) is 1. The van der Waals surface area contributed by atoms with E-state index in [9.17, 15) is 14.9 Å². The van der Waals surface area contributed by atoms with Gasteiger partial charge in [-0.15, -0.1) is 0 Å². The third-order valence-electron chi connectivity index (χ3n) is 4.80. The van der Waals surface area contributed by atoms with Gasteiger partial charge in [-0.2, -0.15) is 5.10 Å². The Kier molecular flexibility index (Phi) is 8.78. The Morgan fingerprint density at radius 1 is 1.09 bits per heavy atom. The highest BCUT2D eigenvalue weighted by Gasteiger charge is 2.10. The molecule has 3 rings (SSSR count). The van der Waals surface area contributed by atoms with E-state index in [0.29, 0.717) is 6.61 Å². The number of hydrazone groups is 1. The molecule has 0 aromatic heterocycles. The van der Waals surface area contributed by atoms with E-state index in [1.54, 1.807) is 18.3 Å². The van der Waals surface area contributed by atoms with Crippen molar-refractivity contribution in [2.75, 3.05) is 0 Å². The standard InChI is InChI=1S/C24H21I2N3O4/c1-15-3-6-19(16(2)9-15)12-23(30)28-27-13-18-10-21(25)24(22(26)11-18)33-14-17-4-7-20(8-5-17)29(31)32/h3-11,13H,12,14H2,1-2H3,(H,28,30)/b27-13+. The Balaban J connectivity index is 1.59. The fourth-order valence-electron chi connectivity index (χ4n) is 3.10. The van der Waals surface area contributed by atoms with E-state index in [4.69, 9.17) is 4.74 Å². The third kappa shape index (κ3) is 7.22. The Morgan fingerprint density at radius 2 is 1.76 bits per heavy atom. The van der Waals surface area contributed by atoms with Gasteiger partial charge in [-0.25, -0.2) is 5.43 Å². The summed E-state index contributed by atoms with van der Waals surface area (Å²) in [7, 11) is 0. The summed E-state index contributed by atoms with van der Waals surface area (Å²) in [5.74, 6) is 0.552. The van der Waals surface area contributed by atoms with Gasteiger partial charge >= 0.3 is 0 Å². The molecule has 0 saturated carbocycles. The minimum absolute atomic E-state index is 0.0487. The zero-order valence-electron chi connectivity index (χ0n) is 18.0. The highest BCUT2D eigenvalue weighted by Crippen LogP contribution is 2.29. The minimum Gasteiger partial charge on any atom is -0.487 e. The Morgan fingerprint density at radius 3 is 2.36 bits per heavy atom. The summed E-state index contributed by atoms with van der Waals surface area (Å²) in [6, 6.07) is 16.1. The second-order valence-corrected chi connectivity index (χ2v) is 9.75. The zero-order valence-corrected chi connectivity index (χ0v) is 22.3. The SMILES string of the molecule is Cc1ccc(CC(=O)N/N=C/c2cc(I)c(OCc3ccc([N+](=O)[O-])cc3)c(I)c2)c(C)c1. The highest BCUT2D eigenvalue weighted by molar-refractivity contribution is 14.1. The van der Waals surface area contributed by atoms with Crippen molar-refractivity contribution in [3.8, 4) is 5.75 Å². The molecule has 1 N–H and O–H groups in total. The maximum absolute atomic E-state index is 12.2. The van der Waals surface area contributed by atoms with Gasteiger partial charge in [0.1, 0.15) is 12.4 Å². The molecular formula is C24H21I2N3O4. The summed E-state index contributed by atoms with van der Waals surface area (Å²) in [6.45, 7) is 4.32. The highest BCUT2D eigenvalue weighted by atomic mass is 127. The van der Waals surface area contributed by atoms with Gasteiger partial charge in [-0.3, -0.25) is 14.9 Å². The first kappa shape index (κ1) is 25.1. The van der Waals surface area contributed by atoms with Crippen LogP contribution in [0, 0.1) is 31.1 Å². The van der Waals surface area contributed by atoms with Gasteiger partial charge in [-0.05, 0) is 106 Å². The van der Waals surface area contributed by atoms with E-state index < -0.39 is 4.92 Å². The third-order valence-corrected chi connectivity index (χ3v) is 6.41. The molecule has 0 unspecified atom stereocenters. The number of nitro benzene ring substituents is 1. The number of non-ortho nitro benzene ring substituents is 1. The Hall–Kier alpha value is -2.54. The summed E-state index contributed by atoms with van der Waals surface area (Å²) in [5.41, 5.74) is 7.53. The fraction of sp³-hybridized carbons (Fsp3) is 0.167. The normalized spacial score (nSPS) is 10.9. The van der Waals surface area contributed by atoms with Crippen LogP contribution in [0.15, 0.2) is 59.7 Å². The van der Waals surface area contributed by atoms with E-state index in [-0.39, 0.29) is 18.0 Å². The number of halogens is 2. The molecule has 0 spiro atoms. The topological polar surface area (TPSA) is 93.8 Å². The second-order valence-electron chi connectivity index (χ2n) is 7.43. The molecule has 170 valence electrons. The number of carbonyl (C=O) groups is 1. The van der Waals surface area contributed by atoms with Crippen LogP contribution in [-0.4, -0.2) is 17.0 Å². The molecule has 33 heavy (non-hydrogen) atoms. The van der Waals surface area contributed by atoms with E-state index >= 15 is 0 Å². The van der Waals surface area contributed by atoms with Crippen LogP contribution in [0.1, 0.15) is 27.8 Å². The van der Waals surface area contributed by atoms with E-state index in [0.717, 1.165) is 35.1 Å². The van der Waals surface area contributed by atoms with E-state index in [1.165, 1.54) is 17.7 Å². The molecule has 9 heteroatoms. The fourth-order valence-corrected chi connectivity index (χ4v) is 5.22. The van der Waals surface area contributed by atoms with Gasteiger partial charge < -0.3 is 4.74 Å². The number of ether oxygens (including phenoxy) is 1. The maximum atomic E-state index is 12.2. The number of benzene rings is 3. The quantitative estimate of drug-likeness (QED) is 0.144. The minimum atomic E-state index is -0.428. The molecule has 0 saturated heterocycles. The summed E-state index contributed by atoms with van der Waals surface area (Å²) < 4.78 is 7.72. The Bertz CT molecular complexity index is 1190. The molecule has 0 heterocycles. The predicted octanol–water partition coefficient (Wildman–Crippen LogP) is 5.69. The molecule has 0 aliphatic heterocycles. The van der Waals surface area contributed by atoms with Crippen molar-refractivity contribution in [2.45, 2.75) is 26.9 Å². The number of carbonyl (C=O) groups excluding carboxylic acids is 1. The number of aryl methyl sites for hydroxylation is 2. The molecule has 0 radical (unpaired) electrons. The van der Waals surface area contributed by atoms with Gasteiger partial charge in [-0.1, -0.05) is 23.8 Å². The van der Waals surface area contributed by atoms with Crippen molar-refractivity contribution < 1.29 is 14.5 Å². The maximum Gasteiger partial charge on any atom is 0.269 e. The van der Waals surface area contributed by atoms with Gasteiger partial charge in [0, 0.05) is 12.1 Å². The lowest BCUT2D eigenvalue weighted by atomic mass is 10.0. The molecule has 0 fully saturated rings. The zero-order chi connectivity index (χ0) is 24.0. The summed E-state index contributed by atoms with van der Waals surface area (Å²) in [5, 5.41) is 14.9. The van der Waals surface area contributed by atoms with E-state index in [1.807, 2.05) is 38.1 Å². The van der Waals surface area contributed by atoms with Crippen LogP contribution in [0.25, 0.3) is 0 Å². The number of hydrogen-bond acceptors (Lipinski definition) is 5. The second kappa shape index (κ2) is 11.5. The number of nitrogens with zero attached hydrogens (tertiary/aromatic N) is 2. The van der Waals surface area contributed by atoms with Gasteiger partial charge in [0.05, 0.1) is 24.7 Å². The van der Waals surface area contributed by atoms with Crippen LogP contribution in [0.2, 0.25) is 0 Å². The van der Waals surface area contributed by atoms with Crippen LogP contribution >= 0.6 is 45.2 Å². The molecule has 1 amide bonds. The molecule has 0 atom stereocenters. The molecule has 0 aliphatic rings. The average molecular weight is 669 g/mol. The van der Waals surface area contributed by atoms with Crippen molar-refractivity contribution in [2.24, 2.45) is 5.10 Å². The first-order chi connectivity index (χ1) is 15.7. The number of hydrogen-bond donors (Lipinski definition) is 1. The summed E-state index contributed by atoms with van der Waals surface area (Å²) in [6.07, 6.45) is 1.87. The van der Waals surface area contributed by atoms with Crippen LogP contribution in [0.4, 0.5) is 5.69 Å². The number of nitro groups is 1. The van der Waals surface area contributed by atoms with Crippen molar-refractivity contribution in [1.82, 2.24) is 5.43 Å². The van der Waals surface area contributed by atoms with Crippen LogP contribution in [0.5, 0.6) is 5.75 Å². The van der Waals surface area contributed by atoms with Crippen molar-refractivity contribution in [3.05, 3.63) is 99.7 Å². The van der Waals surface area contributed by atoms with Gasteiger partial charge in [0.2, 0.25) is 5.91 Å². The lowest BCUT2D eigenvalue weighted by Gasteiger charge is -2.11. The Labute approximate surface area is 219 Å². The lowest BCUT2D eigenvalue weighted by molar-refractivity contribution is -0.384. The lowest BCUT2D eigenvalue weighted by Crippen LogP contribution is -2.20. The van der Waals surface area contributed by atoms with Crippen molar-refractivity contribution >= 4 is 63.0 Å². The first-order valence-corrected chi connectivity index (χ1v) is 12.1. The largest absolute Gasteiger partial charge is 0.487 e. The first-order valence-electron chi connectivity index (χ1n) is 9.96. The molecule has 7 nitrogen and oxygen atoms in total. The van der Waals surface area contributed by atoms with Crippen LogP contribution in [-0.2, 0) is 17.8 Å². The smallest absolute Gasteiger partial charge is 0.269 e. The monoisotopic (exact) mass is 669 g/mol. The average Bonchev–Trinajstić information content (AvgIpc) is 2.75. The predicted molar refractivity (Wildman–Crippen MR) is 145 cm³/mol. The summed E-state index contributed by atoms with van der Waals surface area (Å²) >= 11 is 4.37. The summed E-state index contributed by atoms with van der Waals surface area (Å²) in [4.78, 5) is 22.6.